The summed E-state index contributed by atoms with van der Waals surface area (Å²) in [4.78, 5) is 18.1. The number of hydrogen-bond donors (Lipinski definition) is 3. The molecule has 3 N–H and O–H groups in total. The zero-order chi connectivity index (χ0) is 19.7. The average molecular weight is 501 g/mol. The van der Waals surface area contributed by atoms with Crippen molar-refractivity contribution in [3.8, 4) is 0 Å². The van der Waals surface area contributed by atoms with Gasteiger partial charge >= 0.3 is 6.09 Å². The summed E-state index contributed by atoms with van der Waals surface area (Å²) in [7, 11) is 1.73. The van der Waals surface area contributed by atoms with Crippen LogP contribution in [0.1, 0.15) is 26.3 Å². The minimum absolute atomic E-state index is 0. The second-order valence-electron chi connectivity index (χ2n) is 7.33. The average Bonchev–Trinajstić information content (AvgIpc) is 3.14. The second-order valence-corrected chi connectivity index (χ2v) is 7.33. The summed E-state index contributed by atoms with van der Waals surface area (Å²) in [6.07, 6.45) is 3.95. The van der Waals surface area contributed by atoms with Crippen LogP contribution in [0.4, 0.5) is 10.5 Å². The van der Waals surface area contributed by atoms with Gasteiger partial charge in [0.15, 0.2) is 5.96 Å². The summed E-state index contributed by atoms with van der Waals surface area (Å²) in [5.74, 6) is 0.689. The summed E-state index contributed by atoms with van der Waals surface area (Å²) in [5.41, 5.74) is 1.92. The van der Waals surface area contributed by atoms with Crippen molar-refractivity contribution in [1.29, 1.82) is 0 Å². The van der Waals surface area contributed by atoms with Crippen LogP contribution < -0.4 is 20.9 Å². The molecule has 1 amide bonds. The van der Waals surface area contributed by atoms with E-state index in [0.717, 1.165) is 13.1 Å². The molecule has 0 atom stereocenters. The first-order chi connectivity index (χ1) is 12.9. The Hall–Kier alpha value is -1.97. The van der Waals surface area contributed by atoms with Gasteiger partial charge in [-0.25, -0.2) is 4.79 Å². The standard InChI is InChI=1S/C20H31N5O2.HI/c1-20(2,3)27-19(26)23-11-10-22-18(21-4)24-15-16-8-7-9-17(14-16)25-12-5-6-13-25;/h5-9,14H,10-13,15H2,1-4H3,(H,23,26)(H2,21,22,24);1H. The molecule has 0 bridgehead atoms. The van der Waals surface area contributed by atoms with Gasteiger partial charge in [0.25, 0.3) is 0 Å². The van der Waals surface area contributed by atoms with E-state index in [1.807, 2.05) is 20.8 Å². The number of amides is 1. The molecule has 0 saturated heterocycles. The summed E-state index contributed by atoms with van der Waals surface area (Å²) < 4.78 is 5.20. The molecule has 0 unspecified atom stereocenters. The predicted octanol–water partition coefficient (Wildman–Crippen LogP) is 2.87. The van der Waals surface area contributed by atoms with E-state index < -0.39 is 11.7 Å². The van der Waals surface area contributed by atoms with Gasteiger partial charge < -0.3 is 25.6 Å². The van der Waals surface area contributed by atoms with Crippen molar-refractivity contribution in [3.63, 3.8) is 0 Å². The highest BCUT2D eigenvalue weighted by Crippen LogP contribution is 2.18. The third kappa shape index (κ3) is 8.81. The molecule has 1 aromatic rings. The van der Waals surface area contributed by atoms with E-state index in [4.69, 9.17) is 4.74 Å². The van der Waals surface area contributed by atoms with Crippen molar-refractivity contribution >= 4 is 41.7 Å². The maximum Gasteiger partial charge on any atom is 0.407 e. The van der Waals surface area contributed by atoms with Gasteiger partial charge in [-0.1, -0.05) is 24.3 Å². The van der Waals surface area contributed by atoms with E-state index in [9.17, 15) is 4.79 Å². The summed E-state index contributed by atoms with van der Waals surface area (Å²) >= 11 is 0. The highest BCUT2D eigenvalue weighted by molar-refractivity contribution is 14.0. The Morgan fingerprint density at radius 1 is 1.14 bits per heavy atom. The van der Waals surface area contributed by atoms with Crippen molar-refractivity contribution in [2.45, 2.75) is 32.9 Å². The fraction of sp³-hybridized carbons (Fsp3) is 0.500. The molecule has 0 aromatic heterocycles. The number of guanidine groups is 1. The Balaban J connectivity index is 0.00000392. The van der Waals surface area contributed by atoms with Gasteiger partial charge in [0.05, 0.1) is 0 Å². The Bertz CT molecular complexity index is 677. The number of carbonyl (C=O) groups excluding carboxylic acids is 1. The van der Waals surface area contributed by atoms with Gasteiger partial charge in [0, 0.05) is 45.5 Å². The zero-order valence-corrected chi connectivity index (χ0v) is 19.4. The molecule has 1 aliphatic rings. The molecule has 1 aromatic carbocycles. The molecule has 28 heavy (non-hydrogen) atoms. The number of ether oxygens (including phenoxy) is 1. The molecule has 0 spiro atoms. The van der Waals surface area contributed by atoms with Crippen LogP contribution in [0, 0.1) is 0 Å². The lowest BCUT2D eigenvalue weighted by Crippen LogP contribution is -2.42. The monoisotopic (exact) mass is 501 g/mol. The molecule has 8 heteroatoms. The van der Waals surface area contributed by atoms with Crippen molar-refractivity contribution in [1.82, 2.24) is 16.0 Å². The number of anilines is 1. The van der Waals surface area contributed by atoms with Crippen LogP contribution in [0.5, 0.6) is 0 Å². The van der Waals surface area contributed by atoms with Crippen LogP contribution in [0.3, 0.4) is 0 Å². The van der Waals surface area contributed by atoms with Crippen LogP contribution in [-0.4, -0.2) is 50.9 Å². The van der Waals surface area contributed by atoms with Gasteiger partial charge in [0.1, 0.15) is 5.60 Å². The van der Waals surface area contributed by atoms with Crippen molar-refractivity contribution < 1.29 is 9.53 Å². The van der Waals surface area contributed by atoms with E-state index in [1.165, 1.54) is 11.3 Å². The normalized spacial score (nSPS) is 13.7. The molecule has 156 valence electrons. The minimum Gasteiger partial charge on any atom is -0.444 e. The lowest BCUT2D eigenvalue weighted by molar-refractivity contribution is 0.0529. The molecule has 0 aliphatic carbocycles. The minimum atomic E-state index is -0.491. The van der Waals surface area contributed by atoms with E-state index in [0.29, 0.717) is 25.6 Å². The van der Waals surface area contributed by atoms with Crippen molar-refractivity contribution in [3.05, 3.63) is 42.0 Å². The van der Waals surface area contributed by atoms with Crippen molar-refractivity contribution in [2.75, 3.05) is 38.1 Å². The first-order valence-electron chi connectivity index (χ1n) is 9.27. The maximum atomic E-state index is 11.6. The molecular formula is C20H32IN5O2. The zero-order valence-electron chi connectivity index (χ0n) is 17.1. The summed E-state index contributed by atoms with van der Waals surface area (Å²) in [6.45, 7) is 9.12. The Morgan fingerprint density at radius 3 is 2.46 bits per heavy atom. The van der Waals surface area contributed by atoms with E-state index in [-0.39, 0.29) is 24.0 Å². The Kier molecular flexibility index (Phi) is 10.1. The molecule has 0 saturated carbocycles. The van der Waals surface area contributed by atoms with Crippen LogP contribution in [0.15, 0.2) is 41.4 Å². The molecule has 1 heterocycles. The molecular weight excluding hydrogens is 469 g/mol. The van der Waals surface area contributed by atoms with Gasteiger partial charge in [-0.3, -0.25) is 4.99 Å². The van der Waals surface area contributed by atoms with Crippen LogP contribution in [0.25, 0.3) is 0 Å². The first-order valence-corrected chi connectivity index (χ1v) is 9.27. The van der Waals surface area contributed by atoms with Gasteiger partial charge in [-0.05, 0) is 38.5 Å². The summed E-state index contributed by atoms with van der Waals surface area (Å²) in [5, 5.41) is 9.18. The maximum absolute atomic E-state index is 11.6. The topological polar surface area (TPSA) is 78.0 Å². The summed E-state index contributed by atoms with van der Waals surface area (Å²) in [6, 6.07) is 8.49. The molecule has 2 rings (SSSR count). The number of hydrogen-bond acceptors (Lipinski definition) is 4. The molecule has 0 fully saturated rings. The fourth-order valence-corrected chi connectivity index (χ4v) is 2.62. The highest BCUT2D eigenvalue weighted by Gasteiger charge is 2.15. The number of carbonyl (C=O) groups is 1. The van der Waals surface area contributed by atoms with Crippen LogP contribution in [-0.2, 0) is 11.3 Å². The van der Waals surface area contributed by atoms with Gasteiger partial charge in [-0.15, -0.1) is 24.0 Å². The van der Waals surface area contributed by atoms with E-state index in [2.05, 4.69) is 62.3 Å². The molecule has 1 aliphatic heterocycles. The van der Waals surface area contributed by atoms with Crippen LogP contribution >= 0.6 is 24.0 Å². The number of benzene rings is 1. The third-order valence-corrected chi connectivity index (χ3v) is 3.86. The smallest absolute Gasteiger partial charge is 0.407 e. The highest BCUT2D eigenvalue weighted by atomic mass is 127. The number of rotatable bonds is 6. The quantitative estimate of drug-likeness (QED) is 0.184. The number of halogens is 1. The van der Waals surface area contributed by atoms with Gasteiger partial charge in [-0.2, -0.15) is 0 Å². The molecule has 0 radical (unpaired) electrons. The molecule has 7 nitrogen and oxygen atoms in total. The van der Waals surface area contributed by atoms with Gasteiger partial charge in [0.2, 0.25) is 0 Å². The van der Waals surface area contributed by atoms with E-state index >= 15 is 0 Å². The van der Waals surface area contributed by atoms with Crippen LogP contribution in [0.2, 0.25) is 0 Å². The lowest BCUT2D eigenvalue weighted by Gasteiger charge is -2.20. The Labute approximate surface area is 185 Å². The van der Waals surface area contributed by atoms with E-state index in [1.54, 1.807) is 7.05 Å². The first kappa shape index (κ1) is 24.1. The number of nitrogens with one attached hydrogen (secondary N) is 3. The third-order valence-electron chi connectivity index (χ3n) is 3.86. The lowest BCUT2D eigenvalue weighted by atomic mass is 10.2. The van der Waals surface area contributed by atoms with Crippen molar-refractivity contribution in [2.24, 2.45) is 4.99 Å². The largest absolute Gasteiger partial charge is 0.444 e. The Morgan fingerprint density at radius 2 is 1.82 bits per heavy atom. The number of aliphatic imine (C=N–C) groups is 1. The number of nitrogens with zero attached hydrogens (tertiary/aromatic N) is 2. The SMILES string of the molecule is CN=C(NCCNC(=O)OC(C)(C)C)NCc1cccc(N2CC=CC2)c1.I. The second kappa shape index (κ2) is 11.8. The fourth-order valence-electron chi connectivity index (χ4n) is 2.62. The predicted molar refractivity (Wildman–Crippen MR) is 126 cm³/mol. The number of alkyl carbamates (subject to hydrolysis) is 1.